The lowest BCUT2D eigenvalue weighted by molar-refractivity contribution is -0.123. The third-order valence-corrected chi connectivity index (χ3v) is 4.87. The smallest absolute Gasteiger partial charge is 0.253 e. The monoisotopic (exact) mass is 372 g/mol. The molecule has 0 N–H and O–H groups in total. The van der Waals surface area contributed by atoms with Gasteiger partial charge in [-0.2, -0.15) is 0 Å². The van der Waals surface area contributed by atoms with Gasteiger partial charge >= 0.3 is 0 Å². The first kappa shape index (κ1) is 19.0. The van der Waals surface area contributed by atoms with E-state index in [1.807, 2.05) is 6.92 Å². The molecule has 0 spiro atoms. The summed E-state index contributed by atoms with van der Waals surface area (Å²) < 4.78 is 26.2. The first-order valence-electron chi connectivity index (χ1n) is 9.11. The predicted octanol–water partition coefficient (Wildman–Crippen LogP) is 3.87. The van der Waals surface area contributed by atoms with Gasteiger partial charge in [0.05, 0.1) is 5.92 Å². The van der Waals surface area contributed by atoms with Crippen molar-refractivity contribution < 1.29 is 18.4 Å². The Morgan fingerprint density at radius 1 is 1.04 bits per heavy atom. The van der Waals surface area contributed by atoms with Crippen molar-refractivity contribution in [2.75, 3.05) is 24.5 Å². The van der Waals surface area contributed by atoms with E-state index in [2.05, 4.69) is 0 Å². The molecule has 1 unspecified atom stereocenters. The van der Waals surface area contributed by atoms with Gasteiger partial charge in [-0.15, -0.1) is 0 Å². The number of hydrogen-bond acceptors (Lipinski definition) is 2. The first-order chi connectivity index (χ1) is 13.0. The van der Waals surface area contributed by atoms with Gasteiger partial charge in [-0.1, -0.05) is 0 Å². The number of carbonyl (C=O) groups excluding carboxylic acids is 2. The maximum Gasteiger partial charge on any atom is 0.253 e. The summed E-state index contributed by atoms with van der Waals surface area (Å²) in [6.45, 7) is 3.23. The lowest BCUT2D eigenvalue weighted by Gasteiger charge is -2.35. The number of nitrogens with zero attached hydrogens (tertiary/aromatic N) is 2. The Morgan fingerprint density at radius 2 is 1.63 bits per heavy atom. The van der Waals surface area contributed by atoms with Crippen molar-refractivity contribution >= 4 is 17.5 Å². The number of carbonyl (C=O) groups is 2. The van der Waals surface area contributed by atoms with Crippen LogP contribution in [0.1, 0.15) is 30.1 Å². The molecule has 0 radical (unpaired) electrons. The van der Waals surface area contributed by atoms with Crippen LogP contribution in [0.25, 0.3) is 0 Å². The van der Waals surface area contributed by atoms with Crippen LogP contribution < -0.4 is 4.90 Å². The van der Waals surface area contributed by atoms with Crippen molar-refractivity contribution in [1.29, 1.82) is 0 Å². The van der Waals surface area contributed by atoms with Gasteiger partial charge in [-0.3, -0.25) is 9.59 Å². The highest BCUT2D eigenvalue weighted by molar-refractivity contribution is 5.97. The molecule has 0 bridgehead atoms. The zero-order valence-corrected chi connectivity index (χ0v) is 15.2. The number of benzene rings is 2. The van der Waals surface area contributed by atoms with Gasteiger partial charge in [0.1, 0.15) is 11.6 Å². The molecule has 1 heterocycles. The van der Waals surface area contributed by atoms with Crippen LogP contribution in [0.3, 0.4) is 0 Å². The first-order valence-corrected chi connectivity index (χ1v) is 9.11. The Kier molecular flexibility index (Phi) is 5.84. The lowest BCUT2D eigenvalue weighted by atomic mass is 9.95. The predicted molar refractivity (Wildman–Crippen MR) is 99.5 cm³/mol. The molecule has 0 aromatic heterocycles. The Bertz CT molecular complexity index is 806. The third-order valence-electron chi connectivity index (χ3n) is 4.87. The van der Waals surface area contributed by atoms with Gasteiger partial charge in [0.25, 0.3) is 5.91 Å². The molecule has 1 atom stereocenters. The van der Waals surface area contributed by atoms with E-state index in [1.165, 1.54) is 36.4 Å². The van der Waals surface area contributed by atoms with Gasteiger partial charge in [0, 0.05) is 30.9 Å². The summed E-state index contributed by atoms with van der Waals surface area (Å²) >= 11 is 0. The number of anilines is 1. The van der Waals surface area contributed by atoms with E-state index in [0.29, 0.717) is 37.3 Å². The van der Waals surface area contributed by atoms with Crippen molar-refractivity contribution in [3.8, 4) is 0 Å². The lowest BCUT2D eigenvalue weighted by Crippen LogP contribution is -2.47. The highest BCUT2D eigenvalue weighted by Crippen LogP contribution is 2.24. The van der Waals surface area contributed by atoms with Crippen LogP contribution in [0.5, 0.6) is 0 Å². The number of amides is 2. The number of hydrogen-bond donors (Lipinski definition) is 0. The standard InChI is InChI=1S/C21H22F2N2O2/c1-2-25(19-11-9-18(23)10-12-19)21(27)16-4-3-13-24(14-16)20(26)15-5-7-17(22)8-6-15/h5-12,16H,2-4,13-14H2,1H3. The number of halogens is 2. The molecule has 27 heavy (non-hydrogen) atoms. The summed E-state index contributed by atoms with van der Waals surface area (Å²) in [6, 6.07) is 11.3. The summed E-state index contributed by atoms with van der Waals surface area (Å²) in [5, 5.41) is 0. The highest BCUT2D eigenvalue weighted by Gasteiger charge is 2.31. The molecule has 1 aliphatic rings. The fourth-order valence-electron chi connectivity index (χ4n) is 3.45. The molecule has 1 aliphatic heterocycles. The maximum absolute atomic E-state index is 13.2. The van der Waals surface area contributed by atoms with Gasteiger partial charge < -0.3 is 9.80 Å². The molecule has 2 aromatic carbocycles. The van der Waals surface area contributed by atoms with Crippen LogP contribution in [0.4, 0.5) is 14.5 Å². The second-order valence-electron chi connectivity index (χ2n) is 6.66. The van der Waals surface area contributed by atoms with Crippen LogP contribution in [-0.4, -0.2) is 36.3 Å². The molecule has 0 aliphatic carbocycles. The zero-order chi connectivity index (χ0) is 19.4. The van der Waals surface area contributed by atoms with Gasteiger partial charge in [-0.05, 0) is 68.3 Å². The quantitative estimate of drug-likeness (QED) is 0.817. The number of rotatable bonds is 4. The molecular weight excluding hydrogens is 350 g/mol. The van der Waals surface area contributed by atoms with Crippen molar-refractivity contribution in [1.82, 2.24) is 4.90 Å². The summed E-state index contributed by atoms with van der Waals surface area (Å²) in [4.78, 5) is 28.9. The third kappa shape index (κ3) is 4.32. The molecule has 142 valence electrons. The van der Waals surface area contributed by atoms with Gasteiger partial charge in [0.2, 0.25) is 5.91 Å². The van der Waals surface area contributed by atoms with Crippen LogP contribution in [0.15, 0.2) is 48.5 Å². The largest absolute Gasteiger partial charge is 0.338 e. The molecule has 4 nitrogen and oxygen atoms in total. The molecule has 2 aromatic rings. The fraction of sp³-hybridized carbons (Fsp3) is 0.333. The molecule has 0 saturated carbocycles. The maximum atomic E-state index is 13.2. The normalized spacial score (nSPS) is 16.9. The SMILES string of the molecule is CCN(C(=O)C1CCCN(C(=O)c2ccc(F)cc2)C1)c1ccc(F)cc1. The van der Waals surface area contributed by atoms with Crippen LogP contribution >= 0.6 is 0 Å². The number of likely N-dealkylation sites (tertiary alicyclic amines) is 1. The van der Waals surface area contributed by atoms with E-state index in [0.717, 1.165) is 6.42 Å². The fourth-order valence-corrected chi connectivity index (χ4v) is 3.45. The van der Waals surface area contributed by atoms with Crippen LogP contribution in [0, 0.1) is 17.6 Å². The topological polar surface area (TPSA) is 40.6 Å². The summed E-state index contributed by atoms with van der Waals surface area (Å²) in [5.74, 6) is -1.32. The van der Waals surface area contributed by atoms with Crippen LogP contribution in [-0.2, 0) is 4.79 Å². The molecular formula is C21H22F2N2O2. The van der Waals surface area contributed by atoms with Crippen LogP contribution in [0.2, 0.25) is 0 Å². The Hall–Kier alpha value is -2.76. The van der Waals surface area contributed by atoms with Crippen molar-refractivity contribution in [2.45, 2.75) is 19.8 Å². The zero-order valence-electron chi connectivity index (χ0n) is 15.2. The minimum absolute atomic E-state index is 0.0688. The number of piperidine rings is 1. The van der Waals surface area contributed by atoms with E-state index >= 15 is 0 Å². The second-order valence-corrected chi connectivity index (χ2v) is 6.66. The highest BCUT2D eigenvalue weighted by atomic mass is 19.1. The molecule has 1 fully saturated rings. The molecule has 6 heteroatoms. The van der Waals surface area contributed by atoms with E-state index < -0.39 is 5.82 Å². The summed E-state index contributed by atoms with van der Waals surface area (Å²) in [5.41, 5.74) is 1.06. The Morgan fingerprint density at radius 3 is 2.22 bits per heavy atom. The molecule has 2 amide bonds. The summed E-state index contributed by atoms with van der Waals surface area (Å²) in [7, 11) is 0. The molecule has 3 rings (SSSR count). The average Bonchev–Trinajstić information content (AvgIpc) is 2.70. The Balaban J connectivity index is 1.72. The van der Waals surface area contributed by atoms with E-state index in [9.17, 15) is 18.4 Å². The van der Waals surface area contributed by atoms with Gasteiger partial charge in [0.15, 0.2) is 0 Å². The second kappa shape index (κ2) is 8.29. The van der Waals surface area contributed by atoms with Crippen molar-refractivity contribution in [3.63, 3.8) is 0 Å². The Labute approximate surface area is 157 Å². The van der Waals surface area contributed by atoms with Crippen molar-refractivity contribution in [3.05, 3.63) is 65.7 Å². The van der Waals surface area contributed by atoms with E-state index in [4.69, 9.17) is 0 Å². The van der Waals surface area contributed by atoms with E-state index in [-0.39, 0.29) is 23.5 Å². The minimum atomic E-state index is -0.392. The van der Waals surface area contributed by atoms with Gasteiger partial charge in [-0.25, -0.2) is 8.78 Å². The summed E-state index contributed by atoms with van der Waals surface area (Å²) in [6.07, 6.45) is 1.42. The molecule has 1 saturated heterocycles. The van der Waals surface area contributed by atoms with E-state index in [1.54, 1.807) is 21.9 Å². The minimum Gasteiger partial charge on any atom is -0.338 e. The average molecular weight is 372 g/mol. The van der Waals surface area contributed by atoms with Crippen molar-refractivity contribution in [2.24, 2.45) is 5.92 Å².